The van der Waals surface area contributed by atoms with Crippen molar-refractivity contribution in [3.05, 3.63) is 89.5 Å². The number of aliphatic imine (C=N–C) groups is 1. The molecule has 0 amide bonds. The summed E-state index contributed by atoms with van der Waals surface area (Å²) in [5, 5.41) is 13.9. The summed E-state index contributed by atoms with van der Waals surface area (Å²) in [4.78, 5) is 4.86. The van der Waals surface area contributed by atoms with Crippen molar-refractivity contribution in [3.63, 3.8) is 0 Å². The second-order valence-corrected chi connectivity index (χ2v) is 6.41. The van der Waals surface area contributed by atoms with Gasteiger partial charge in [-0.1, -0.05) is 54.1 Å². The molecule has 0 saturated carbocycles. The van der Waals surface area contributed by atoms with E-state index in [9.17, 15) is 5.11 Å². The van der Waals surface area contributed by atoms with Gasteiger partial charge >= 0.3 is 0 Å². The van der Waals surface area contributed by atoms with Crippen molar-refractivity contribution >= 4 is 17.1 Å². The Labute approximate surface area is 147 Å². The van der Waals surface area contributed by atoms with E-state index in [1.807, 2.05) is 36.4 Å². The maximum absolute atomic E-state index is 10.3. The van der Waals surface area contributed by atoms with Crippen LogP contribution < -0.4 is 5.32 Å². The number of phenols is 1. The van der Waals surface area contributed by atoms with Crippen molar-refractivity contribution in [1.29, 1.82) is 0 Å². The Balaban J connectivity index is 1.83. The van der Waals surface area contributed by atoms with Crippen LogP contribution in [0, 0.1) is 6.92 Å². The summed E-state index contributed by atoms with van der Waals surface area (Å²) in [7, 11) is 0. The van der Waals surface area contributed by atoms with Crippen molar-refractivity contribution in [3.8, 4) is 5.75 Å². The number of aryl methyl sites for hydroxylation is 1. The second-order valence-electron chi connectivity index (χ2n) is 6.41. The van der Waals surface area contributed by atoms with Crippen LogP contribution >= 0.6 is 0 Å². The lowest BCUT2D eigenvalue weighted by atomic mass is 9.96. The molecule has 0 aliphatic carbocycles. The molecule has 1 aliphatic rings. The van der Waals surface area contributed by atoms with E-state index >= 15 is 0 Å². The molecule has 0 fully saturated rings. The molecule has 1 aliphatic heterocycles. The standard InChI is InChI=1S/C22H20N2O/c1-15-7-6-8-16(13-15)20-14-21(17-9-2-5-12-22(17)25)24-19-11-4-3-10-18(19)23-20/h2-13,20,23,25H,14H2,1H3. The van der Waals surface area contributed by atoms with Gasteiger partial charge in [0.2, 0.25) is 0 Å². The van der Waals surface area contributed by atoms with E-state index in [1.165, 1.54) is 11.1 Å². The lowest BCUT2D eigenvalue weighted by molar-refractivity contribution is 0.474. The number of rotatable bonds is 2. The quantitative estimate of drug-likeness (QED) is 0.663. The van der Waals surface area contributed by atoms with Gasteiger partial charge in [-0.2, -0.15) is 0 Å². The zero-order valence-electron chi connectivity index (χ0n) is 14.1. The summed E-state index contributed by atoms with van der Waals surface area (Å²) < 4.78 is 0. The summed E-state index contributed by atoms with van der Waals surface area (Å²) in [6.45, 7) is 2.10. The number of nitrogens with zero attached hydrogens (tertiary/aromatic N) is 1. The minimum atomic E-state index is 0.0990. The van der Waals surface area contributed by atoms with E-state index < -0.39 is 0 Å². The van der Waals surface area contributed by atoms with Gasteiger partial charge in [-0.25, -0.2) is 0 Å². The largest absolute Gasteiger partial charge is 0.507 e. The summed E-state index contributed by atoms with van der Waals surface area (Å²) in [6.07, 6.45) is 0.704. The second kappa shape index (κ2) is 6.44. The van der Waals surface area contributed by atoms with Gasteiger partial charge in [0.25, 0.3) is 0 Å². The van der Waals surface area contributed by atoms with Gasteiger partial charge < -0.3 is 10.4 Å². The highest BCUT2D eigenvalue weighted by atomic mass is 16.3. The fourth-order valence-electron chi connectivity index (χ4n) is 3.29. The fourth-order valence-corrected chi connectivity index (χ4v) is 3.29. The van der Waals surface area contributed by atoms with Crippen LogP contribution in [0.2, 0.25) is 0 Å². The van der Waals surface area contributed by atoms with Gasteiger partial charge in [0.1, 0.15) is 5.75 Å². The monoisotopic (exact) mass is 328 g/mol. The van der Waals surface area contributed by atoms with Crippen LogP contribution in [0.4, 0.5) is 11.4 Å². The molecule has 1 heterocycles. The van der Waals surface area contributed by atoms with Crippen molar-refractivity contribution in [2.24, 2.45) is 4.99 Å². The molecule has 0 radical (unpaired) electrons. The number of nitrogens with one attached hydrogen (secondary N) is 1. The van der Waals surface area contributed by atoms with E-state index in [0.29, 0.717) is 6.42 Å². The van der Waals surface area contributed by atoms with Crippen LogP contribution in [-0.2, 0) is 0 Å². The minimum absolute atomic E-state index is 0.0990. The van der Waals surface area contributed by atoms with E-state index in [1.54, 1.807) is 6.07 Å². The first-order valence-corrected chi connectivity index (χ1v) is 8.49. The molecule has 0 bridgehead atoms. The summed E-state index contributed by atoms with van der Waals surface area (Å²) in [5.41, 5.74) is 6.05. The van der Waals surface area contributed by atoms with Crippen molar-refractivity contribution < 1.29 is 5.11 Å². The van der Waals surface area contributed by atoms with Crippen LogP contribution in [0.1, 0.15) is 29.2 Å². The highest BCUT2D eigenvalue weighted by Gasteiger charge is 2.22. The Morgan fingerprint density at radius 3 is 2.60 bits per heavy atom. The fraction of sp³-hybridized carbons (Fsp3) is 0.136. The number of aromatic hydroxyl groups is 1. The average Bonchev–Trinajstić information content (AvgIpc) is 2.81. The van der Waals surface area contributed by atoms with Crippen LogP contribution in [-0.4, -0.2) is 10.8 Å². The number of anilines is 1. The molecule has 3 nitrogen and oxygen atoms in total. The first kappa shape index (κ1) is 15.5. The third kappa shape index (κ3) is 3.13. The minimum Gasteiger partial charge on any atom is -0.507 e. The average molecular weight is 328 g/mol. The van der Waals surface area contributed by atoms with E-state index in [4.69, 9.17) is 4.99 Å². The third-order valence-corrected chi connectivity index (χ3v) is 4.55. The van der Waals surface area contributed by atoms with Gasteiger partial charge in [0, 0.05) is 12.0 Å². The van der Waals surface area contributed by atoms with Crippen molar-refractivity contribution in [1.82, 2.24) is 0 Å². The number of fused-ring (bicyclic) bond motifs is 1. The van der Waals surface area contributed by atoms with Gasteiger partial charge in [0.15, 0.2) is 0 Å². The number of hydrogen-bond donors (Lipinski definition) is 2. The number of hydrogen-bond acceptors (Lipinski definition) is 3. The molecular formula is C22H20N2O. The van der Waals surface area contributed by atoms with Gasteiger partial charge in [-0.05, 0) is 36.8 Å². The molecule has 25 heavy (non-hydrogen) atoms. The predicted octanol–water partition coefficient (Wildman–Crippen LogP) is 5.38. The maximum Gasteiger partial charge on any atom is 0.124 e. The van der Waals surface area contributed by atoms with Crippen LogP contribution in [0.5, 0.6) is 5.75 Å². The number of para-hydroxylation sites is 3. The van der Waals surface area contributed by atoms with E-state index in [2.05, 4.69) is 42.6 Å². The molecule has 124 valence electrons. The highest BCUT2D eigenvalue weighted by Crippen LogP contribution is 2.36. The molecular weight excluding hydrogens is 308 g/mol. The summed E-state index contributed by atoms with van der Waals surface area (Å²) >= 11 is 0. The van der Waals surface area contributed by atoms with Gasteiger partial charge in [-0.3, -0.25) is 4.99 Å². The Bertz CT molecular complexity index is 946. The predicted molar refractivity (Wildman–Crippen MR) is 103 cm³/mol. The third-order valence-electron chi connectivity index (χ3n) is 4.55. The first-order chi connectivity index (χ1) is 12.2. The molecule has 1 unspecified atom stereocenters. The molecule has 3 aromatic rings. The smallest absolute Gasteiger partial charge is 0.124 e. The van der Waals surface area contributed by atoms with Gasteiger partial charge in [0.05, 0.1) is 23.1 Å². The van der Waals surface area contributed by atoms with Crippen molar-refractivity contribution in [2.75, 3.05) is 5.32 Å². The first-order valence-electron chi connectivity index (χ1n) is 8.49. The topological polar surface area (TPSA) is 44.6 Å². The van der Waals surface area contributed by atoms with E-state index in [-0.39, 0.29) is 11.8 Å². The number of benzene rings is 3. The normalized spacial score (nSPS) is 16.4. The molecule has 3 heteroatoms. The Kier molecular flexibility index (Phi) is 3.98. The summed E-state index contributed by atoms with van der Waals surface area (Å²) in [6, 6.07) is 24.1. The Morgan fingerprint density at radius 2 is 1.76 bits per heavy atom. The molecule has 0 aromatic heterocycles. The van der Waals surface area contributed by atoms with Crippen molar-refractivity contribution in [2.45, 2.75) is 19.4 Å². The molecule has 3 aromatic carbocycles. The maximum atomic E-state index is 10.3. The molecule has 2 N–H and O–H groups in total. The molecule has 0 saturated heterocycles. The Hall–Kier alpha value is -3.07. The highest BCUT2D eigenvalue weighted by molar-refractivity contribution is 6.05. The SMILES string of the molecule is Cc1cccc(C2CC(c3ccccc3O)=Nc3ccccc3N2)c1. The van der Waals surface area contributed by atoms with Crippen LogP contribution in [0.3, 0.4) is 0 Å². The molecule has 0 spiro atoms. The summed E-state index contributed by atoms with van der Waals surface area (Å²) in [5.74, 6) is 0.267. The van der Waals surface area contributed by atoms with Crippen LogP contribution in [0.25, 0.3) is 0 Å². The lowest BCUT2D eigenvalue weighted by Crippen LogP contribution is -2.14. The van der Waals surface area contributed by atoms with E-state index in [0.717, 1.165) is 22.6 Å². The molecule has 1 atom stereocenters. The zero-order chi connectivity index (χ0) is 17.2. The zero-order valence-corrected chi connectivity index (χ0v) is 14.1. The lowest BCUT2D eigenvalue weighted by Gasteiger charge is -2.20. The number of phenolic OH excluding ortho intramolecular Hbond substituents is 1. The Morgan fingerprint density at radius 1 is 0.960 bits per heavy atom. The molecule has 4 rings (SSSR count). The van der Waals surface area contributed by atoms with Gasteiger partial charge in [-0.15, -0.1) is 0 Å². The van der Waals surface area contributed by atoms with Crippen LogP contribution in [0.15, 0.2) is 77.8 Å².